The number of rotatable bonds is 8. The Morgan fingerprint density at radius 1 is 0.647 bits per heavy atom. The second-order valence-electron chi connectivity index (χ2n) is 10.6. The average molecular weight is 678 g/mol. The summed E-state index contributed by atoms with van der Waals surface area (Å²) in [6, 6.07) is 22.1. The van der Waals surface area contributed by atoms with Crippen molar-refractivity contribution in [3.05, 3.63) is 102 Å². The third-order valence-electron chi connectivity index (χ3n) is 7.47. The van der Waals surface area contributed by atoms with Crippen molar-refractivity contribution < 1.29 is 17.1 Å². The zero-order valence-electron chi connectivity index (χ0n) is 21.2. The first-order valence-electron chi connectivity index (χ1n) is 12.4. The largest absolute Gasteiger partial charge is 0.147 e. The van der Waals surface area contributed by atoms with E-state index in [9.17, 15) is 0 Å². The summed E-state index contributed by atoms with van der Waals surface area (Å²) in [6.45, 7) is 7.11. The summed E-state index contributed by atoms with van der Waals surface area (Å²) in [4.78, 5) is 0. The normalized spacial score (nSPS) is 16.1. The Kier molecular flexibility index (Phi) is 10.2. The summed E-state index contributed by atoms with van der Waals surface area (Å²) in [5, 5.41) is 0. The SMILES string of the molecule is CCCC1=[C]([Hf]([CH3])([CH3])(=[SiH2])[C]2=C(CCC)C=C(c3ccccc3)C2)CC(c2ccccc2)=C1.Cl.Cl. The average Bonchev–Trinajstić information content (AvgIpc) is 3.42. The molecular formula is C30H40Cl2HfSi. The van der Waals surface area contributed by atoms with Crippen LogP contribution in [0.25, 0.3) is 11.1 Å². The summed E-state index contributed by atoms with van der Waals surface area (Å²) in [7, 11) is 0. The minimum atomic E-state index is -3.45. The molecular weight excluding hydrogens is 638 g/mol. The zero-order valence-corrected chi connectivity index (χ0v) is 27.8. The molecule has 0 saturated carbocycles. The first kappa shape index (κ1) is 29.3. The maximum atomic E-state index is 2.73. The third kappa shape index (κ3) is 5.89. The number of halogens is 2. The van der Waals surface area contributed by atoms with Crippen LogP contribution in [0.5, 0.6) is 0 Å². The molecule has 0 saturated heterocycles. The molecule has 0 aromatic heterocycles. The summed E-state index contributed by atoms with van der Waals surface area (Å²) in [5.74, 6) is 0. The van der Waals surface area contributed by atoms with Gasteiger partial charge in [-0.2, -0.15) is 0 Å². The molecule has 0 N–H and O–H groups in total. The molecule has 0 nitrogen and oxygen atoms in total. The molecule has 2 aliphatic rings. The summed E-state index contributed by atoms with van der Waals surface area (Å²) in [6.07, 6.45) is 12.3. The fourth-order valence-electron chi connectivity index (χ4n) is 5.74. The predicted octanol–water partition coefficient (Wildman–Crippen LogP) is 9.25. The molecule has 0 bridgehead atoms. The first-order chi connectivity index (χ1) is 15.3. The molecule has 0 atom stereocenters. The molecule has 0 radical (unpaired) electrons. The number of hydrogen-bond acceptors (Lipinski definition) is 0. The van der Waals surface area contributed by atoms with Gasteiger partial charge in [0, 0.05) is 0 Å². The topological polar surface area (TPSA) is 0 Å². The van der Waals surface area contributed by atoms with E-state index in [4.69, 9.17) is 0 Å². The van der Waals surface area contributed by atoms with Crippen molar-refractivity contribution in [2.75, 3.05) is 0 Å². The standard InChI is InChI=1S/2C14H15.2CH3.2ClH.Hf.H2Si/c2*1-2-6-12-9-10-14(11-12)13-7-4-3-5-8-13;;;;;;/h2*3-5,7-8,11H,2,6,10H2,1H3;2*1H3;2*1H;;1H2. The van der Waals surface area contributed by atoms with Gasteiger partial charge in [-0.3, -0.25) is 0 Å². The first-order valence-corrected chi connectivity index (χ1v) is 31.5. The van der Waals surface area contributed by atoms with Crippen molar-refractivity contribution in [2.45, 2.75) is 61.7 Å². The Bertz CT molecular complexity index is 1110. The van der Waals surface area contributed by atoms with E-state index in [2.05, 4.69) is 103 Å². The van der Waals surface area contributed by atoms with Crippen LogP contribution in [0.2, 0.25) is 9.36 Å². The molecule has 4 heteroatoms. The van der Waals surface area contributed by atoms with Crippen molar-refractivity contribution in [2.24, 2.45) is 0 Å². The van der Waals surface area contributed by atoms with Crippen LogP contribution in [0, 0.1) is 0 Å². The van der Waals surface area contributed by atoms with Crippen molar-refractivity contribution in [3.63, 3.8) is 0 Å². The summed E-state index contributed by atoms with van der Waals surface area (Å²) >= 11 is -3.45. The molecule has 0 fully saturated rings. The van der Waals surface area contributed by atoms with Crippen LogP contribution in [0.15, 0.2) is 90.6 Å². The fourth-order valence-corrected chi connectivity index (χ4v) is 27.1. The molecule has 2 aliphatic carbocycles. The Morgan fingerprint density at radius 3 is 1.32 bits per heavy atom. The van der Waals surface area contributed by atoms with Gasteiger partial charge in [-0.05, 0) is 0 Å². The minimum Gasteiger partial charge on any atom is -0.147 e. The van der Waals surface area contributed by atoms with Gasteiger partial charge in [0.25, 0.3) is 0 Å². The molecule has 0 spiro atoms. The van der Waals surface area contributed by atoms with Gasteiger partial charge in [0.1, 0.15) is 0 Å². The van der Waals surface area contributed by atoms with E-state index in [1.54, 1.807) is 11.1 Å². The van der Waals surface area contributed by atoms with Gasteiger partial charge in [0.05, 0.1) is 0 Å². The molecule has 0 aliphatic heterocycles. The fraction of sp³-hybridized carbons (Fsp3) is 0.333. The van der Waals surface area contributed by atoms with Gasteiger partial charge in [-0.25, -0.2) is 0 Å². The van der Waals surface area contributed by atoms with Crippen molar-refractivity contribution in [1.82, 2.24) is 0 Å². The smallest absolute Gasteiger partial charge is 0.147 e. The molecule has 0 amide bonds. The van der Waals surface area contributed by atoms with Gasteiger partial charge in [-0.15, -0.1) is 24.8 Å². The zero-order chi connectivity index (χ0) is 22.8. The van der Waals surface area contributed by atoms with Crippen LogP contribution in [0.3, 0.4) is 0 Å². The van der Waals surface area contributed by atoms with Crippen LogP contribution in [-0.2, 0) is 17.1 Å². The summed E-state index contributed by atoms with van der Waals surface area (Å²) < 4.78 is 9.17. The predicted molar refractivity (Wildman–Crippen MR) is 157 cm³/mol. The van der Waals surface area contributed by atoms with E-state index < -0.39 is 17.1 Å². The van der Waals surface area contributed by atoms with E-state index in [1.165, 1.54) is 48.0 Å². The van der Waals surface area contributed by atoms with Gasteiger partial charge < -0.3 is 0 Å². The van der Waals surface area contributed by atoms with E-state index in [-0.39, 0.29) is 24.8 Å². The van der Waals surface area contributed by atoms with E-state index in [0.717, 1.165) is 12.8 Å². The van der Waals surface area contributed by atoms with Gasteiger partial charge >= 0.3 is 199 Å². The minimum absolute atomic E-state index is 0. The molecule has 182 valence electrons. The van der Waals surface area contributed by atoms with Gasteiger partial charge in [-0.1, -0.05) is 0 Å². The quantitative estimate of drug-likeness (QED) is 0.245. The maximum Gasteiger partial charge on any atom is -0.147 e. The van der Waals surface area contributed by atoms with Crippen molar-refractivity contribution in [1.29, 1.82) is 0 Å². The van der Waals surface area contributed by atoms with Gasteiger partial charge in [0.15, 0.2) is 0 Å². The second kappa shape index (κ2) is 11.9. The van der Waals surface area contributed by atoms with Gasteiger partial charge in [0.2, 0.25) is 0 Å². The van der Waals surface area contributed by atoms with Crippen LogP contribution in [-0.4, -0.2) is 6.94 Å². The number of hydrogen-bond donors (Lipinski definition) is 0. The van der Waals surface area contributed by atoms with Crippen molar-refractivity contribution in [3.8, 4) is 0 Å². The molecule has 2 aromatic rings. The van der Waals surface area contributed by atoms with E-state index in [0.29, 0.717) is 0 Å². The Labute approximate surface area is 222 Å². The number of allylic oxidation sites excluding steroid dienone is 8. The molecule has 0 heterocycles. The molecule has 4 rings (SSSR count). The Balaban J connectivity index is 0.00000204. The van der Waals surface area contributed by atoms with E-state index in [1.807, 2.05) is 6.66 Å². The summed E-state index contributed by atoms with van der Waals surface area (Å²) in [5.41, 5.74) is 9.22. The molecule has 2 aromatic carbocycles. The second-order valence-corrected chi connectivity index (χ2v) is 51.6. The van der Waals surface area contributed by atoms with Crippen molar-refractivity contribution >= 4 is 42.9 Å². The van der Waals surface area contributed by atoms with Crippen LogP contribution in [0.1, 0.15) is 63.5 Å². The Hall–Kier alpha value is -0.933. The van der Waals surface area contributed by atoms with Crippen LogP contribution in [0.4, 0.5) is 0 Å². The molecule has 0 unspecified atom stereocenters. The monoisotopic (exact) mass is 678 g/mol. The Morgan fingerprint density at radius 2 is 1.00 bits per heavy atom. The van der Waals surface area contributed by atoms with E-state index >= 15 is 0 Å². The van der Waals surface area contributed by atoms with Crippen LogP contribution < -0.4 is 0 Å². The van der Waals surface area contributed by atoms with Crippen LogP contribution >= 0.6 is 24.8 Å². The maximum absolute atomic E-state index is 3.45. The number of benzene rings is 2. The molecule has 34 heavy (non-hydrogen) atoms. The third-order valence-corrected chi connectivity index (χ3v) is 31.9.